The van der Waals surface area contributed by atoms with E-state index < -0.39 is 0 Å². The molecular formula is C7H12N4O. The third-order valence-corrected chi connectivity index (χ3v) is 1.40. The van der Waals surface area contributed by atoms with Crippen LogP contribution in [0.4, 0.5) is 5.95 Å². The fourth-order valence-corrected chi connectivity index (χ4v) is 0.776. The number of unbranched alkanes of at least 4 members (excludes halogenated alkanes) is 1. The molecule has 0 atom stereocenters. The quantitative estimate of drug-likeness (QED) is 0.637. The molecule has 0 saturated heterocycles. The van der Waals surface area contributed by atoms with E-state index in [1.807, 2.05) is 0 Å². The van der Waals surface area contributed by atoms with Crippen LogP contribution in [0.5, 0.6) is 0 Å². The molecule has 1 aromatic heterocycles. The number of anilines is 1. The predicted octanol–water partition coefficient (Wildman–Crippen LogP) is 0.377. The Morgan fingerprint density at radius 1 is 1.67 bits per heavy atom. The predicted molar refractivity (Wildman–Crippen MR) is 46.1 cm³/mol. The van der Waals surface area contributed by atoms with Gasteiger partial charge >= 0.3 is 0 Å². The van der Waals surface area contributed by atoms with Gasteiger partial charge < -0.3 is 5.32 Å². The van der Waals surface area contributed by atoms with Gasteiger partial charge in [0.25, 0.3) is 5.56 Å². The van der Waals surface area contributed by atoms with Crippen LogP contribution >= 0.6 is 0 Å². The van der Waals surface area contributed by atoms with Crippen molar-refractivity contribution in [2.45, 2.75) is 19.8 Å². The van der Waals surface area contributed by atoms with E-state index in [0.29, 0.717) is 5.95 Å². The summed E-state index contributed by atoms with van der Waals surface area (Å²) in [6, 6.07) is 0. The third kappa shape index (κ3) is 2.69. The highest BCUT2D eigenvalue weighted by molar-refractivity contribution is 5.19. The maximum atomic E-state index is 10.7. The van der Waals surface area contributed by atoms with E-state index >= 15 is 0 Å². The van der Waals surface area contributed by atoms with Gasteiger partial charge in [0.15, 0.2) is 0 Å². The van der Waals surface area contributed by atoms with Crippen molar-refractivity contribution in [3.63, 3.8) is 0 Å². The number of aromatic nitrogens is 3. The first kappa shape index (κ1) is 8.70. The third-order valence-electron chi connectivity index (χ3n) is 1.40. The number of hydrogen-bond donors (Lipinski definition) is 2. The average Bonchev–Trinajstić information content (AvgIpc) is 2.05. The molecule has 5 nitrogen and oxygen atoms in total. The van der Waals surface area contributed by atoms with Crippen molar-refractivity contribution >= 4 is 5.95 Å². The van der Waals surface area contributed by atoms with Gasteiger partial charge in [0.2, 0.25) is 5.95 Å². The molecule has 0 spiro atoms. The number of rotatable bonds is 4. The molecule has 1 heterocycles. The van der Waals surface area contributed by atoms with E-state index in [1.54, 1.807) is 0 Å². The van der Waals surface area contributed by atoms with Crippen molar-refractivity contribution in [1.29, 1.82) is 0 Å². The van der Waals surface area contributed by atoms with E-state index in [4.69, 9.17) is 0 Å². The van der Waals surface area contributed by atoms with Crippen molar-refractivity contribution < 1.29 is 0 Å². The molecule has 0 fully saturated rings. The van der Waals surface area contributed by atoms with Gasteiger partial charge in [-0.05, 0) is 6.42 Å². The average molecular weight is 168 g/mol. The van der Waals surface area contributed by atoms with Crippen molar-refractivity contribution in [3.8, 4) is 0 Å². The van der Waals surface area contributed by atoms with Crippen molar-refractivity contribution in [2.75, 3.05) is 11.9 Å². The Morgan fingerprint density at radius 2 is 2.50 bits per heavy atom. The zero-order valence-corrected chi connectivity index (χ0v) is 7.00. The fraction of sp³-hybridized carbons (Fsp3) is 0.571. The van der Waals surface area contributed by atoms with Gasteiger partial charge in [0.05, 0.1) is 0 Å². The van der Waals surface area contributed by atoms with Crippen LogP contribution in [-0.4, -0.2) is 21.7 Å². The lowest BCUT2D eigenvalue weighted by Gasteiger charge is -2.00. The van der Waals surface area contributed by atoms with Crippen molar-refractivity contribution in [1.82, 2.24) is 15.2 Å². The maximum Gasteiger partial charge on any atom is 0.271 e. The largest absolute Gasteiger partial charge is 0.354 e. The highest BCUT2D eigenvalue weighted by Gasteiger charge is 1.92. The second-order valence-electron chi connectivity index (χ2n) is 2.46. The minimum atomic E-state index is -0.232. The highest BCUT2D eigenvalue weighted by atomic mass is 16.1. The number of H-pyrrole nitrogens is 1. The van der Waals surface area contributed by atoms with E-state index in [2.05, 4.69) is 27.4 Å². The van der Waals surface area contributed by atoms with Crippen LogP contribution < -0.4 is 10.9 Å². The van der Waals surface area contributed by atoms with E-state index in [9.17, 15) is 4.79 Å². The molecule has 0 aliphatic rings. The van der Waals surface area contributed by atoms with Crippen LogP contribution in [-0.2, 0) is 0 Å². The van der Waals surface area contributed by atoms with Crippen LogP contribution in [0.2, 0.25) is 0 Å². The SMILES string of the molecule is CCCCNc1nncc(=O)[nH]1. The number of nitrogens with zero attached hydrogens (tertiary/aromatic N) is 2. The molecule has 2 N–H and O–H groups in total. The van der Waals surface area contributed by atoms with Gasteiger partial charge in [-0.25, -0.2) is 0 Å². The van der Waals surface area contributed by atoms with E-state index in [0.717, 1.165) is 25.6 Å². The van der Waals surface area contributed by atoms with Gasteiger partial charge in [0.1, 0.15) is 6.20 Å². The first-order chi connectivity index (χ1) is 5.83. The fourth-order valence-electron chi connectivity index (χ4n) is 0.776. The summed E-state index contributed by atoms with van der Waals surface area (Å²) in [6.45, 7) is 2.91. The van der Waals surface area contributed by atoms with Crippen LogP contribution in [0.1, 0.15) is 19.8 Å². The Bertz CT molecular complexity index is 283. The summed E-state index contributed by atoms with van der Waals surface area (Å²) in [5.41, 5.74) is -0.232. The zero-order chi connectivity index (χ0) is 8.81. The number of nitrogens with one attached hydrogen (secondary N) is 2. The molecule has 5 heteroatoms. The molecule has 0 unspecified atom stereocenters. The number of hydrogen-bond acceptors (Lipinski definition) is 4. The van der Waals surface area contributed by atoms with Gasteiger partial charge in [-0.15, -0.1) is 10.2 Å². The van der Waals surface area contributed by atoms with Crippen LogP contribution in [0, 0.1) is 0 Å². The van der Waals surface area contributed by atoms with Gasteiger partial charge in [-0.1, -0.05) is 13.3 Å². The van der Waals surface area contributed by atoms with E-state index in [-0.39, 0.29) is 5.56 Å². The van der Waals surface area contributed by atoms with Gasteiger partial charge in [-0.2, -0.15) is 0 Å². The molecule has 1 rings (SSSR count). The zero-order valence-electron chi connectivity index (χ0n) is 7.00. The molecule has 66 valence electrons. The molecule has 12 heavy (non-hydrogen) atoms. The lowest BCUT2D eigenvalue weighted by atomic mass is 10.3. The summed E-state index contributed by atoms with van der Waals surface area (Å²) < 4.78 is 0. The maximum absolute atomic E-state index is 10.7. The first-order valence-electron chi connectivity index (χ1n) is 3.99. The summed E-state index contributed by atoms with van der Waals surface area (Å²) in [7, 11) is 0. The van der Waals surface area contributed by atoms with Crippen molar-refractivity contribution in [3.05, 3.63) is 16.6 Å². The lowest BCUT2D eigenvalue weighted by Crippen LogP contribution is -2.13. The van der Waals surface area contributed by atoms with Crippen LogP contribution in [0.15, 0.2) is 11.0 Å². The topological polar surface area (TPSA) is 70.7 Å². The molecular weight excluding hydrogens is 156 g/mol. The van der Waals surface area contributed by atoms with Gasteiger partial charge in [0, 0.05) is 6.54 Å². The minimum Gasteiger partial charge on any atom is -0.354 e. The molecule has 0 aliphatic carbocycles. The van der Waals surface area contributed by atoms with E-state index in [1.165, 1.54) is 0 Å². The van der Waals surface area contributed by atoms with Crippen LogP contribution in [0.25, 0.3) is 0 Å². The lowest BCUT2D eigenvalue weighted by molar-refractivity contribution is 0.816. The second-order valence-corrected chi connectivity index (χ2v) is 2.46. The summed E-state index contributed by atoms with van der Waals surface area (Å²) in [6.07, 6.45) is 3.31. The smallest absolute Gasteiger partial charge is 0.271 e. The minimum absolute atomic E-state index is 0.232. The van der Waals surface area contributed by atoms with Gasteiger partial charge in [-0.3, -0.25) is 9.78 Å². The first-order valence-corrected chi connectivity index (χ1v) is 3.99. The normalized spacial score (nSPS) is 9.75. The highest BCUT2D eigenvalue weighted by Crippen LogP contribution is 1.91. The molecule has 0 aromatic carbocycles. The Morgan fingerprint density at radius 3 is 3.17 bits per heavy atom. The monoisotopic (exact) mass is 168 g/mol. The Hall–Kier alpha value is -1.39. The molecule has 0 bridgehead atoms. The molecule has 1 aromatic rings. The summed E-state index contributed by atoms with van der Waals surface area (Å²) >= 11 is 0. The number of aromatic amines is 1. The van der Waals surface area contributed by atoms with Crippen molar-refractivity contribution in [2.24, 2.45) is 0 Å². The summed E-state index contributed by atoms with van der Waals surface area (Å²) in [5.74, 6) is 0.441. The Labute approximate surface area is 70.2 Å². The van der Waals surface area contributed by atoms with Crippen LogP contribution in [0.3, 0.4) is 0 Å². The molecule has 0 saturated carbocycles. The summed E-state index contributed by atoms with van der Waals surface area (Å²) in [4.78, 5) is 13.3. The Kier molecular flexibility index (Phi) is 3.25. The molecule has 0 amide bonds. The molecule has 0 aliphatic heterocycles. The standard InChI is InChI=1S/C7H12N4O/c1-2-3-4-8-7-10-6(12)5-9-11-7/h5H,2-4H2,1H3,(H2,8,10,11,12). The summed E-state index contributed by atoms with van der Waals surface area (Å²) in [5, 5.41) is 10.2. The second kappa shape index (κ2) is 4.48. The molecule has 0 radical (unpaired) electrons. The Balaban J connectivity index is 2.47.